The minimum Gasteiger partial charge on any atom is -0.497 e. The number of ether oxygens (including phenoxy) is 3. The molecule has 2 aliphatic heterocycles. The van der Waals surface area contributed by atoms with E-state index in [0.29, 0.717) is 37.6 Å². The molecule has 38 heavy (non-hydrogen) atoms. The van der Waals surface area contributed by atoms with Crippen LogP contribution in [0.4, 0.5) is 0 Å². The molecule has 0 radical (unpaired) electrons. The van der Waals surface area contributed by atoms with Crippen molar-refractivity contribution in [3.8, 4) is 17.2 Å². The quantitative estimate of drug-likeness (QED) is 0.430. The van der Waals surface area contributed by atoms with Gasteiger partial charge in [0.1, 0.15) is 11.8 Å². The molecule has 4 atom stereocenters. The first kappa shape index (κ1) is 24.8. The number of nitrogens with zero attached hydrogens (tertiary/aromatic N) is 1. The van der Waals surface area contributed by atoms with Gasteiger partial charge in [0.25, 0.3) is 0 Å². The standard InChI is InChI=1S/C28H25ClN2O6S/c1-35-17-4-2-3-15(11-17)22-23(26(32)20-9-10-21(29)38-20)24(16-7-8-18-19(12-16)37-13-36-18)31(25(22)27(30)33)28(34)14-5-6-14/h2-4,7-12,14,22-25H,5-6,13H2,1H3,(H2,30,33). The van der Waals surface area contributed by atoms with Crippen LogP contribution in [-0.2, 0) is 9.59 Å². The smallest absolute Gasteiger partial charge is 0.240 e. The van der Waals surface area contributed by atoms with Gasteiger partial charge in [-0.05, 0) is 60.4 Å². The molecule has 1 aromatic heterocycles. The van der Waals surface area contributed by atoms with Gasteiger partial charge in [0.05, 0.1) is 28.3 Å². The van der Waals surface area contributed by atoms with Crippen molar-refractivity contribution in [2.75, 3.05) is 13.9 Å². The summed E-state index contributed by atoms with van der Waals surface area (Å²) < 4.78 is 17.0. The van der Waals surface area contributed by atoms with Crippen molar-refractivity contribution in [2.45, 2.75) is 30.8 Å². The summed E-state index contributed by atoms with van der Waals surface area (Å²) in [6.07, 6.45) is 1.47. The lowest BCUT2D eigenvalue weighted by molar-refractivity contribution is -0.140. The molecule has 2 fully saturated rings. The SMILES string of the molecule is COc1cccc(C2C(C(=O)c3ccc(Cl)s3)C(c3ccc4c(c3)OCO4)N(C(=O)C3CC3)C2C(N)=O)c1. The highest BCUT2D eigenvalue weighted by Gasteiger charge is 2.58. The maximum absolute atomic E-state index is 14.3. The first-order valence-corrected chi connectivity index (χ1v) is 13.5. The molecule has 196 valence electrons. The molecule has 10 heteroatoms. The number of rotatable bonds is 7. The molecule has 3 aromatic rings. The average molecular weight is 553 g/mol. The third kappa shape index (κ3) is 4.19. The number of methoxy groups -OCH3 is 1. The number of nitrogens with two attached hydrogens (primary N) is 1. The van der Waals surface area contributed by atoms with E-state index in [1.807, 2.05) is 12.1 Å². The van der Waals surface area contributed by atoms with E-state index in [9.17, 15) is 14.4 Å². The number of fused-ring (bicyclic) bond motifs is 1. The van der Waals surface area contributed by atoms with E-state index >= 15 is 0 Å². The number of benzene rings is 2. The number of amides is 2. The number of carbonyl (C=O) groups excluding carboxylic acids is 3. The predicted molar refractivity (Wildman–Crippen MR) is 141 cm³/mol. The van der Waals surface area contributed by atoms with Crippen LogP contribution in [0.2, 0.25) is 4.34 Å². The van der Waals surface area contributed by atoms with Crippen LogP contribution in [0.5, 0.6) is 17.2 Å². The summed E-state index contributed by atoms with van der Waals surface area (Å²) in [5, 5.41) is 0. The van der Waals surface area contributed by atoms with Crippen LogP contribution in [0.1, 0.15) is 45.6 Å². The van der Waals surface area contributed by atoms with Crippen molar-refractivity contribution >= 4 is 40.5 Å². The second-order valence-corrected chi connectivity index (χ2v) is 11.4. The zero-order chi connectivity index (χ0) is 26.6. The molecule has 4 unspecified atom stereocenters. The summed E-state index contributed by atoms with van der Waals surface area (Å²) in [7, 11) is 1.55. The van der Waals surface area contributed by atoms with Crippen molar-refractivity contribution in [3.05, 3.63) is 74.9 Å². The van der Waals surface area contributed by atoms with Crippen molar-refractivity contribution in [2.24, 2.45) is 17.6 Å². The molecule has 0 spiro atoms. The summed E-state index contributed by atoms with van der Waals surface area (Å²) in [6, 6.07) is 14.1. The lowest BCUT2D eigenvalue weighted by Gasteiger charge is -2.31. The summed E-state index contributed by atoms with van der Waals surface area (Å²) in [5.74, 6) is -1.13. The largest absolute Gasteiger partial charge is 0.497 e. The van der Waals surface area contributed by atoms with Gasteiger partial charge >= 0.3 is 0 Å². The van der Waals surface area contributed by atoms with Crippen LogP contribution in [0.15, 0.2) is 54.6 Å². The van der Waals surface area contributed by atoms with Gasteiger partial charge in [0, 0.05) is 11.8 Å². The van der Waals surface area contributed by atoms with E-state index in [4.69, 9.17) is 31.5 Å². The molecule has 8 nitrogen and oxygen atoms in total. The van der Waals surface area contributed by atoms with E-state index in [1.54, 1.807) is 54.5 Å². The van der Waals surface area contributed by atoms with E-state index < -0.39 is 29.8 Å². The highest BCUT2D eigenvalue weighted by atomic mass is 35.5. The molecule has 2 N–H and O–H groups in total. The van der Waals surface area contributed by atoms with Gasteiger partial charge in [-0.15, -0.1) is 11.3 Å². The minimum atomic E-state index is -1.05. The molecule has 6 rings (SSSR count). The van der Waals surface area contributed by atoms with Gasteiger partial charge in [-0.2, -0.15) is 0 Å². The van der Waals surface area contributed by atoms with Crippen molar-refractivity contribution in [3.63, 3.8) is 0 Å². The van der Waals surface area contributed by atoms with Gasteiger partial charge in [0.15, 0.2) is 17.3 Å². The second kappa shape index (κ2) is 9.63. The molecule has 3 aliphatic rings. The van der Waals surface area contributed by atoms with Crippen LogP contribution >= 0.6 is 22.9 Å². The maximum Gasteiger partial charge on any atom is 0.240 e. The lowest BCUT2D eigenvalue weighted by atomic mass is 9.77. The number of hydrogen-bond donors (Lipinski definition) is 1. The van der Waals surface area contributed by atoms with E-state index in [2.05, 4.69) is 0 Å². The zero-order valence-corrected chi connectivity index (χ0v) is 22.0. The maximum atomic E-state index is 14.3. The Morgan fingerprint density at radius 1 is 1.03 bits per heavy atom. The zero-order valence-electron chi connectivity index (χ0n) is 20.5. The monoisotopic (exact) mass is 552 g/mol. The third-order valence-corrected chi connectivity index (χ3v) is 8.72. The third-order valence-electron chi connectivity index (χ3n) is 7.47. The number of likely N-dealkylation sites (tertiary alicyclic amines) is 1. The highest BCUT2D eigenvalue weighted by Crippen LogP contribution is 2.54. The predicted octanol–water partition coefficient (Wildman–Crippen LogP) is 4.57. The van der Waals surface area contributed by atoms with Crippen molar-refractivity contribution in [1.29, 1.82) is 0 Å². The van der Waals surface area contributed by atoms with E-state index in [0.717, 1.165) is 12.8 Å². The number of thiophene rings is 1. The van der Waals surface area contributed by atoms with Crippen molar-refractivity contribution in [1.82, 2.24) is 4.90 Å². The molecular weight excluding hydrogens is 528 g/mol. The Morgan fingerprint density at radius 2 is 1.82 bits per heavy atom. The first-order valence-electron chi connectivity index (χ1n) is 12.3. The summed E-state index contributed by atoms with van der Waals surface area (Å²) in [4.78, 5) is 43.4. The van der Waals surface area contributed by atoms with Gasteiger partial charge in [-0.1, -0.05) is 29.8 Å². The molecule has 0 bridgehead atoms. The molecule has 1 saturated heterocycles. The summed E-state index contributed by atoms with van der Waals surface area (Å²) in [6.45, 7) is 0.0839. The molecule has 2 aromatic carbocycles. The first-order chi connectivity index (χ1) is 18.4. The number of halogens is 1. The van der Waals surface area contributed by atoms with Crippen LogP contribution in [-0.4, -0.2) is 42.4 Å². The highest BCUT2D eigenvalue weighted by molar-refractivity contribution is 7.18. The fraction of sp³-hybridized carbons (Fsp3) is 0.321. The Balaban J connectivity index is 1.58. The van der Waals surface area contributed by atoms with Gasteiger partial charge in [0.2, 0.25) is 18.6 Å². The van der Waals surface area contributed by atoms with Gasteiger partial charge < -0.3 is 24.8 Å². The topological polar surface area (TPSA) is 108 Å². The van der Waals surface area contributed by atoms with Crippen LogP contribution in [0.25, 0.3) is 0 Å². The fourth-order valence-electron chi connectivity index (χ4n) is 5.66. The number of hydrogen-bond acceptors (Lipinski definition) is 7. The number of ketones is 1. The van der Waals surface area contributed by atoms with Crippen LogP contribution in [0.3, 0.4) is 0 Å². The summed E-state index contributed by atoms with van der Waals surface area (Å²) >= 11 is 7.38. The number of carbonyl (C=O) groups is 3. The second-order valence-electron chi connectivity index (χ2n) is 9.72. The average Bonchev–Trinajstić information content (AvgIpc) is 3.33. The van der Waals surface area contributed by atoms with Crippen LogP contribution in [0, 0.1) is 11.8 Å². The molecule has 1 aliphatic carbocycles. The minimum absolute atomic E-state index is 0.0839. The van der Waals surface area contributed by atoms with E-state index in [1.165, 1.54) is 11.3 Å². The molecule has 1 saturated carbocycles. The molecule has 3 heterocycles. The molecule has 2 amide bonds. The van der Waals surface area contributed by atoms with Gasteiger partial charge in [-0.3, -0.25) is 14.4 Å². The normalized spacial score (nSPS) is 23.9. The molecular formula is C28H25ClN2O6S. The Hall–Kier alpha value is -3.56. The van der Waals surface area contributed by atoms with Gasteiger partial charge in [-0.25, -0.2) is 0 Å². The number of Topliss-reactive ketones (excluding diaryl/α,β-unsaturated/α-hetero) is 1. The summed E-state index contributed by atoms with van der Waals surface area (Å²) in [5.41, 5.74) is 7.40. The van der Waals surface area contributed by atoms with Crippen molar-refractivity contribution < 1.29 is 28.6 Å². The van der Waals surface area contributed by atoms with E-state index in [-0.39, 0.29) is 24.4 Å². The Morgan fingerprint density at radius 3 is 2.50 bits per heavy atom. The fourth-order valence-corrected chi connectivity index (χ4v) is 6.69. The Kier molecular flexibility index (Phi) is 6.28. The lowest BCUT2D eigenvalue weighted by Crippen LogP contribution is -2.47. The Bertz CT molecular complexity index is 1440. The Labute approximate surface area is 228 Å². The number of primary amides is 1. The van der Waals surface area contributed by atoms with Crippen LogP contribution < -0.4 is 19.9 Å².